The number of aromatic nitrogens is 4. The number of carbonyl (C=O) groups is 1. The van der Waals surface area contributed by atoms with Crippen LogP contribution in [0.2, 0.25) is 0 Å². The average molecular weight is 448 g/mol. The predicted molar refractivity (Wildman–Crippen MR) is 120 cm³/mol. The topological polar surface area (TPSA) is 108 Å². The lowest BCUT2D eigenvalue weighted by Gasteiger charge is -2.08. The number of benzene rings is 2. The van der Waals surface area contributed by atoms with E-state index in [0.717, 1.165) is 16.8 Å². The van der Waals surface area contributed by atoms with Gasteiger partial charge in [-0.2, -0.15) is 10.2 Å². The van der Waals surface area contributed by atoms with Gasteiger partial charge in [-0.1, -0.05) is 24.3 Å². The van der Waals surface area contributed by atoms with Crippen molar-refractivity contribution in [1.29, 1.82) is 0 Å². The third kappa shape index (κ3) is 4.95. The minimum Gasteiger partial charge on any atom is -0.319 e. The number of nitro groups is 1. The van der Waals surface area contributed by atoms with E-state index in [1.807, 2.05) is 13.8 Å². The molecule has 1 N–H and O–H groups in total. The predicted octanol–water partition coefficient (Wildman–Crippen LogP) is 4.09. The Morgan fingerprint density at radius 1 is 1.06 bits per heavy atom. The fourth-order valence-corrected chi connectivity index (χ4v) is 3.46. The molecule has 0 radical (unpaired) electrons. The molecule has 0 spiro atoms. The molecule has 2 heterocycles. The fourth-order valence-electron chi connectivity index (χ4n) is 3.46. The lowest BCUT2D eigenvalue weighted by Crippen LogP contribution is -2.13. The Bertz CT molecular complexity index is 1310. The quantitative estimate of drug-likeness (QED) is 0.338. The number of carbonyl (C=O) groups excluding carboxylic acids is 1. The molecule has 33 heavy (non-hydrogen) atoms. The van der Waals surface area contributed by atoms with Crippen molar-refractivity contribution in [2.24, 2.45) is 0 Å². The standard InChI is InChI=1S/C23H21FN6O3/c1-15-22(16(2)29(27-15)13-18-5-9-20(24)10-6-18)26-23(31)19-7-3-17(4-8-19)12-28-14-21(11-25-28)30(32)33/h3-11,14H,12-13H2,1-2H3,(H,26,31). The van der Waals surface area contributed by atoms with Crippen LogP contribution >= 0.6 is 0 Å². The second-order valence-corrected chi connectivity index (χ2v) is 7.63. The number of anilines is 1. The zero-order valence-electron chi connectivity index (χ0n) is 18.0. The van der Waals surface area contributed by atoms with Gasteiger partial charge in [0.15, 0.2) is 0 Å². The Morgan fingerprint density at radius 3 is 2.33 bits per heavy atom. The first kappa shape index (κ1) is 21.9. The van der Waals surface area contributed by atoms with Crippen molar-refractivity contribution < 1.29 is 14.1 Å². The molecule has 0 unspecified atom stereocenters. The van der Waals surface area contributed by atoms with Crippen LogP contribution in [0.3, 0.4) is 0 Å². The van der Waals surface area contributed by atoms with Crippen LogP contribution in [0, 0.1) is 29.8 Å². The molecule has 4 rings (SSSR count). The first-order valence-electron chi connectivity index (χ1n) is 10.2. The highest BCUT2D eigenvalue weighted by molar-refractivity contribution is 6.04. The zero-order valence-corrected chi connectivity index (χ0v) is 18.0. The van der Waals surface area contributed by atoms with E-state index in [4.69, 9.17) is 0 Å². The van der Waals surface area contributed by atoms with Crippen molar-refractivity contribution >= 4 is 17.3 Å². The van der Waals surface area contributed by atoms with E-state index in [2.05, 4.69) is 15.5 Å². The van der Waals surface area contributed by atoms with Gasteiger partial charge < -0.3 is 5.32 Å². The molecule has 2 aromatic heterocycles. The summed E-state index contributed by atoms with van der Waals surface area (Å²) in [5, 5.41) is 22.2. The molecule has 0 aliphatic heterocycles. The third-order valence-corrected chi connectivity index (χ3v) is 5.26. The molecule has 0 saturated carbocycles. The molecule has 0 aliphatic rings. The Morgan fingerprint density at radius 2 is 1.70 bits per heavy atom. The monoisotopic (exact) mass is 448 g/mol. The minimum absolute atomic E-state index is 0.0725. The molecule has 4 aromatic rings. The summed E-state index contributed by atoms with van der Waals surface area (Å²) < 4.78 is 16.4. The Hall–Kier alpha value is -4.34. The minimum atomic E-state index is -0.497. The van der Waals surface area contributed by atoms with Crippen LogP contribution in [0.5, 0.6) is 0 Å². The van der Waals surface area contributed by atoms with E-state index in [0.29, 0.717) is 30.0 Å². The van der Waals surface area contributed by atoms with Crippen LogP contribution in [0.15, 0.2) is 60.9 Å². The van der Waals surface area contributed by atoms with E-state index >= 15 is 0 Å². The number of amides is 1. The van der Waals surface area contributed by atoms with Crippen molar-refractivity contribution in [1.82, 2.24) is 19.6 Å². The highest BCUT2D eigenvalue weighted by Gasteiger charge is 2.16. The van der Waals surface area contributed by atoms with Crippen LogP contribution in [0.1, 0.15) is 32.9 Å². The summed E-state index contributed by atoms with van der Waals surface area (Å²) >= 11 is 0. The number of hydrogen-bond acceptors (Lipinski definition) is 5. The van der Waals surface area contributed by atoms with Crippen molar-refractivity contribution in [2.45, 2.75) is 26.9 Å². The molecule has 2 aromatic carbocycles. The van der Waals surface area contributed by atoms with E-state index in [1.54, 1.807) is 41.1 Å². The molecule has 0 atom stereocenters. The van der Waals surface area contributed by atoms with E-state index < -0.39 is 4.92 Å². The Balaban J connectivity index is 1.44. The highest BCUT2D eigenvalue weighted by Crippen LogP contribution is 2.22. The summed E-state index contributed by atoms with van der Waals surface area (Å²) in [6, 6.07) is 13.1. The number of nitrogens with one attached hydrogen (secondary N) is 1. The van der Waals surface area contributed by atoms with Crippen molar-refractivity contribution in [3.05, 3.63) is 105 Å². The van der Waals surface area contributed by atoms with E-state index in [9.17, 15) is 19.3 Å². The van der Waals surface area contributed by atoms with Gasteiger partial charge in [0.2, 0.25) is 0 Å². The molecule has 9 nitrogen and oxygen atoms in total. The van der Waals surface area contributed by atoms with Crippen LogP contribution in [0.25, 0.3) is 0 Å². The maximum atomic E-state index is 13.1. The summed E-state index contributed by atoms with van der Waals surface area (Å²) in [5.41, 5.74) is 4.26. The first-order chi connectivity index (χ1) is 15.8. The smallest absolute Gasteiger partial charge is 0.307 e. The molecule has 1 amide bonds. The summed E-state index contributed by atoms with van der Waals surface area (Å²) in [6.45, 7) is 4.49. The van der Waals surface area contributed by atoms with E-state index in [-0.39, 0.29) is 17.4 Å². The number of aryl methyl sites for hydroxylation is 1. The van der Waals surface area contributed by atoms with Crippen molar-refractivity contribution in [3.63, 3.8) is 0 Å². The van der Waals surface area contributed by atoms with Gasteiger partial charge in [0.25, 0.3) is 5.91 Å². The summed E-state index contributed by atoms with van der Waals surface area (Å²) in [5.74, 6) is -0.569. The molecule has 0 fully saturated rings. The molecule has 10 heteroatoms. The largest absolute Gasteiger partial charge is 0.319 e. The van der Waals surface area contributed by atoms with Gasteiger partial charge in [0.05, 0.1) is 35.1 Å². The van der Waals surface area contributed by atoms with E-state index in [1.165, 1.54) is 29.2 Å². The number of rotatable bonds is 7. The number of hydrogen-bond donors (Lipinski definition) is 1. The molecule has 168 valence electrons. The molecular weight excluding hydrogens is 427 g/mol. The summed E-state index contributed by atoms with van der Waals surface area (Å²) in [6.07, 6.45) is 2.55. The second-order valence-electron chi connectivity index (χ2n) is 7.63. The maximum Gasteiger partial charge on any atom is 0.307 e. The third-order valence-electron chi connectivity index (χ3n) is 5.26. The zero-order chi connectivity index (χ0) is 23.5. The number of halogens is 1. The molecule has 0 saturated heterocycles. The lowest BCUT2D eigenvalue weighted by atomic mass is 10.1. The first-order valence-corrected chi connectivity index (χ1v) is 10.2. The van der Waals surface area contributed by atoms with Gasteiger partial charge in [0, 0.05) is 5.56 Å². The van der Waals surface area contributed by atoms with Gasteiger partial charge in [-0.15, -0.1) is 0 Å². The van der Waals surface area contributed by atoms with Gasteiger partial charge in [-0.3, -0.25) is 24.3 Å². The Labute approximate surface area is 188 Å². The number of nitrogens with zero attached hydrogens (tertiary/aromatic N) is 5. The highest BCUT2D eigenvalue weighted by atomic mass is 19.1. The summed E-state index contributed by atoms with van der Waals surface area (Å²) in [4.78, 5) is 23.1. The fraction of sp³-hybridized carbons (Fsp3) is 0.174. The SMILES string of the molecule is Cc1nn(Cc2ccc(F)cc2)c(C)c1NC(=O)c1ccc(Cn2cc([N+](=O)[O-])cn2)cc1. The molecule has 0 bridgehead atoms. The maximum absolute atomic E-state index is 13.1. The summed E-state index contributed by atoms with van der Waals surface area (Å²) in [7, 11) is 0. The molecule has 0 aliphatic carbocycles. The van der Waals surface area contributed by atoms with Crippen LogP contribution in [0.4, 0.5) is 15.8 Å². The van der Waals surface area contributed by atoms with Gasteiger partial charge in [-0.25, -0.2) is 4.39 Å². The average Bonchev–Trinajstić information content (AvgIpc) is 3.36. The van der Waals surface area contributed by atoms with Crippen molar-refractivity contribution in [2.75, 3.05) is 5.32 Å². The second kappa shape index (κ2) is 9.03. The van der Waals surface area contributed by atoms with Crippen LogP contribution in [-0.2, 0) is 13.1 Å². The Kier molecular flexibility index (Phi) is 5.99. The van der Waals surface area contributed by atoms with Crippen LogP contribution < -0.4 is 5.32 Å². The normalized spacial score (nSPS) is 10.9. The van der Waals surface area contributed by atoms with Gasteiger partial charge in [-0.05, 0) is 49.2 Å². The van der Waals surface area contributed by atoms with Gasteiger partial charge >= 0.3 is 5.69 Å². The lowest BCUT2D eigenvalue weighted by molar-refractivity contribution is -0.385. The van der Waals surface area contributed by atoms with Crippen molar-refractivity contribution in [3.8, 4) is 0 Å². The van der Waals surface area contributed by atoms with Gasteiger partial charge in [0.1, 0.15) is 18.2 Å². The van der Waals surface area contributed by atoms with Crippen LogP contribution in [-0.4, -0.2) is 30.4 Å². The molecular formula is C23H21FN6O3.